The second-order valence-corrected chi connectivity index (χ2v) is 0.798. The molecule has 0 fully saturated rings. The molecule has 0 aliphatic rings. The molecule has 0 aromatic heterocycles. The Balaban J connectivity index is -0.0000000450. The van der Waals surface area contributed by atoms with E-state index in [0.29, 0.717) is 0 Å². The molecule has 0 aromatic carbocycles. The maximum atomic E-state index is 8.44. The van der Waals surface area contributed by atoms with E-state index in [1.54, 1.807) is 0 Å². The van der Waals surface area contributed by atoms with Crippen LogP contribution in [0.1, 0.15) is 0 Å². The normalized spacial score (nSPS) is 5.54. The molecule has 0 rings (SSSR count). The van der Waals surface area contributed by atoms with Gasteiger partial charge in [-0.2, -0.15) is 0 Å². The minimum Gasteiger partial charge on any atom is -0.565 e. The van der Waals surface area contributed by atoms with Gasteiger partial charge in [0.2, 0.25) is 18.5 Å². The Hall–Kier alpha value is -0.813. The fourth-order valence-corrected chi connectivity index (χ4v) is 0. The molecule has 0 amide bonds. The van der Waals surface area contributed by atoms with Gasteiger partial charge < -0.3 is 45.0 Å². The second-order valence-electron chi connectivity index (χ2n) is 0.798. The number of rotatable bonds is 0. The van der Waals surface area contributed by atoms with E-state index >= 15 is 0 Å². The zero-order valence-electron chi connectivity index (χ0n) is 5.79. The Morgan fingerprint density at radius 3 is 0.692 bits per heavy atom. The summed E-state index contributed by atoms with van der Waals surface area (Å²) in [6.07, 6.45) is -6.25. The van der Waals surface area contributed by atoms with Crippen molar-refractivity contribution in [2.45, 2.75) is 0 Å². The van der Waals surface area contributed by atoms with Crippen LogP contribution in [0.5, 0.6) is 0 Å². The molecule has 1 radical (unpaired) electrons. The zero-order valence-corrected chi connectivity index (χ0v) is 8.93. The van der Waals surface area contributed by atoms with Gasteiger partial charge in [0.25, 0.3) is 0 Å². The van der Waals surface area contributed by atoms with Crippen LogP contribution in [0, 0.1) is 41.7 Å². The van der Waals surface area contributed by atoms with Crippen molar-refractivity contribution in [3.05, 3.63) is 0 Å². The number of carbonyl (C=O) groups is 3. The molecule has 0 spiro atoms. The Kier molecular flexibility index (Phi) is 30.3. The van der Waals surface area contributed by atoms with Crippen molar-refractivity contribution in [3.63, 3.8) is 0 Å². The minimum absolute atomic E-state index is 0. The standard InChI is InChI=1S/3CH2O3.Ce/c3*2-1(3)4;/h3*(H2,2,3,4);/q;;;+3/p-3. The van der Waals surface area contributed by atoms with E-state index in [9.17, 15) is 0 Å². The third-order valence-electron chi connectivity index (χ3n) is 0. The van der Waals surface area contributed by atoms with Gasteiger partial charge in [0.05, 0.1) is 0 Å². The van der Waals surface area contributed by atoms with Gasteiger partial charge in [0.1, 0.15) is 0 Å². The van der Waals surface area contributed by atoms with Gasteiger partial charge in [0, 0.05) is 0 Å². The molecule has 0 saturated carbocycles. The SMILES string of the molecule is O=C([O-])O.O=C([O-])O.O=C([O-])O.[Ce+3]. The minimum atomic E-state index is -2.08. The van der Waals surface area contributed by atoms with Crippen molar-refractivity contribution in [1.29, 1.82) is 0 Å². The predicted octanol–water partition coefficient (Wildman–Crippen LogP) is -3.34. The summed E-state index contributed by atoms with van der Waals surface area (Å²) in [7, 11) is 0. The van der Waals surface area contributed by atoms with Crippen LogP contribution in [0.25, 0.3) is 0 Å². The molecule has 0 atom stereocenters. The fourth-order valence-electron chi connectivity index (χ4n) is 0. The molecule has 10 heteroatoms. The molecule has 0 unspecified atom stereocenters. The average Bonchev–Trinajstić information content (AvgIpc) is 1.54. The Bertz CT molecular complexity index is 112. The number of carboxylic acid groups (broad SMARTS) is 6. The maximum Gasteiger partial charge on any atom is 3.00 e. The van der Waals surface area contributed by atoms with Crippen molar-refractivity contribution in [2.75, 3.05) is 0 Å². The van der Waals surface area contributed by atoms with E-state index in [0.717, 1.165) is 0 Å². The molecule has 13 heavy (non-hydrogen) atoms. The third-order valence-corrected chi connectivity index (χ3v) is 0. The molecule has 9 nitrogen and oxygen atoms in total. The summed E-state index contributed by atoms with van der Waals surface area (Å²) >= 11 is 0. The molecule has 3 N–H and O–H groups in total. The first-order valence-electron chi connectivity index (χ1n) is 1.90. The summed E-state index contributed by atoms with van der Waals surface area (Å²) in [5.41, 5.74) is 0. The van der Waals surface area contributed by atoms with Gasteiger partial charge in [-0.1, -0.05) is 0 Å². The number of hydrogen-bond donors (Lipinski definition) is 3. The van der Waals surface area contributed by atoms with Crippen molar-refractivity contribution in [1.82, 2.24) is 0 Å². The summed E-state index contributed by atoms with van der Waals surface area (Å²) < 4.78 is 0. The molecule has 0 bridgehead atoms. The van der Waals surface area contributed by atoms with Crippen LogP contribution in [-0.2, 0) is 0 Å². The van der Waals surface area contributed by atoms with Crippen LogP contribution in [0.3, 0.4) is 0 Å². The largest absolute Gasteiger partial charge is 3.00 e. The van der Waals surface area contributed by atoms with Crippen LogP contribution in [0.4, 0.5) is 14.4 Å². The average molecular weight is 323 g/mol. The van der Waals surface area contributed by atoms with E-state index in [2.05, 4.69) is 0 Å². The van der Waals surface area contributed by atoms with Crippen molar-refractivity contribution < 1.29 is 86.8 Å². The first-order valence-corrected chi connectivity index (χ1v) is 1.90. The van der Waals surface area contributed by atoms with Crippen LogP contribution < -0.4 is 15.3 Å². The monoisotopic (exact) mass is 323 g/mol. The predicted molar refractivity (Wildman–Crippen MR) is 24.1 cm³/mol. The fraction of sp³-hybridized carbons (Fsp3) is 0. The van der Waals surface area contributed by atoms with E-state index in [1.165, 1.54) is 0 Å². The van der Waals surface area contributed by atoms with Gasteiger partial charge in [-0.05, 0) is 0 Å². The van der Waals surface area contributed by atoms with E-state index in [1.807, 2.05) is 0 Å². The summed E-state index contributed by atoms with van der Waals surface area (Å²) in [6.45, 7) is 0. The van der Waals surface area contributed by atoms with Crippen LogP contribution in [0.2, 0.25) is 0 Å². The van der Waals surface area contributed by atoms with Gasteiger partial charge in [-0.25, -0.2) is 0 Å². The van der Waals surface area contributed by atoms with Crippen LogP contribution >= 0.6 is 0 Å². The molecule has 0 aliphatic heterocycles. The Morgan fingerprint density at radius 2 is 0.692 bits per heavy atom. The summed E-state index contributed by atoms with van der Waals surface area (Å²) in [5, 5.41) is 45.9. The van der Waals surface area contributed by atoms with Gasteiger partial charge in [-0.15, -0.1) is 0 Å². The van der Waals surface area contributed by atoms with Crippen molar-refractivity contribution in [3.8, 4) is 0 Å². The Labute approximate surface area is 105 Å². The first-order chi connectivity index (χ1) is 5.20. The second kappa shape index (κ2) is 17.3. The zero-order chi connectivity index (χ0) is 10.7. The van der Waals surface area contributed by atoms with Crippen molar-refractivity contribution in [2.24, 2.45) is 0 Å². The smallest absolute Gasteiger partial charge is 0.565 e. The van der Waals surface area contributed by atoms with Gasteiger partial charge in [-0.3, -0.25) is 0 Å². The Morgan fingerprint density at radius 1 is 0.692 bits per heavy atom. The number of hydrogen-bond acceptors (Lipinski definition) is 6. The molecule has 0 aliphatic carbocycles. The molecular weight excluding hydrogens is 320 g/mol. The summed E-state index contributed by atoms with van der Waals surface area (Å²) in [4.78, 5) is 25.3. The molecule has 0 saturated heterocycles. The van der Waals surface area contributed by atoms with Crippen molar-refractivity contribution >= 4 is 18.5 Å². The summed E-state index contributed by atoms with van der Waals surface area (Å²) in [5.74, 6) is 0. The maximum absolute atomic E-state index is 8.44. The van der Waals surface area contributed by atoms with Gasteiger partial charge in [0.15, 0.2) is 0 Å². The van der Waals surface area contributed by atoms with Crippen LogP contribution in [-0.4, -0.2) is 33.8 Å². The quantitative estimate of drug-likeness (QED) is 0.410. The first kappa shape index (κ1) is 22.8. The molecule has 73 valence electrons. The van der Waals surface area contributed by atoms with Crippen LogP contribution in [0.15, 0.2) is 0 Å². The van der Waals surface area contributed by atoms with Gasteiger partial charge >= 0.3 is 41.7 Å². The van der Waals surface area contributed by atoms with E-state index in [-0.39, 0.29) is 41.7 Å². The molecule has 0 heterocycles. The van der Waals surface area contributed by atoms with E-state index in [4.69, 9.17) is 45.0 Å². The van der Waals surface area contributed by atoms with E-state index < -0.39 is 18.5 Å². The summed E-state index contributed by atoms with van der Waals surface area (Å²) in [6, 6.07) is 0. The molecular formula is C3H3CeO9. The topological polar surface area (TPSA) is 181 Å². The third kappa shape index (κ3) is 1430. The molecule has 0 aromatic rings.